The number of alkyl halides is 3. The van der Waals surface area contributed by atoms with Crippen LogP contribution in [0, 0.1) is 0 Å². The molecule has 14 heteroatoms. The van der Waals surface area contributed by atoms with Crippen LogP contribution in [0.5, 0.6) is 5.75 Å². The van der Waals surface area contributed by atoms with Crippen molar-refractivity contribution in [2.75, 3.05) is 17.7 Å². The van der Waals surface area contributed by atoms with E-state index in [1.165, 1.54) is 19.4 Å². The number of benzene rings is 2. The topological polar surface area (TPSA) is 122 Å². The quantitative estimate of drug-likeness (QED) is 0.278. The predicted molar refractivity (Wildman–Crippen MR) is 145 cm³/mol. The number of para-hydroxylation sites is 1. The molecule has 3 N–H and O–H groups in total. The van der Waals surface area contributed by atoms with Crippen molar-refractivity contribution < 1.29 is 31.1 Å². The number of nitrogens with zero attached hydrogens (tertiary/aromatic N) is 2. The summed E-state index contributed by atoms with van der Waals surface area (Å²) < 4.78 is 69.4. The van der Waals surface area contributed by atoms with Crippen molar-refractivity contribution in [1.82, 2.24) is 15.3 Å². The fourth-order valence-corrected chi connectivity index (χ4v) is 5.34. The number of nitrogens with one attached hydrogen (secondary N) is 3. The van der Waals surface area contributed by atoms with Crippen LogP contribution >= 0.6 is 11.6 Å². The highest BCUT2D eigenvalue weighted by molar-refractivity contribution is 7.92. The van der Waals surface area contributed by atoms with E-state index >= 15 is 0 Å². The largest absolute Gasteiger partial charge is 0.495 e. The summed E-state index contributed by atoms with van der Waals surface area (Å²) in [4.78, 5) is 20.2. The van der Waals surface area contributed by atoms with E-state index in [1.807, 2.05) is 0 Å². The van der Waals surface area contributed by atoms with E-state index in [-0.39, 0.29) is 33.8 Å². The summed E-state index contributed by atoms with van der Waals surface area (Å²) in [6.45, 7) is 3.17. The van der Waals surface area contributed by atoms with Crippen LogP contribution < -0.4 is 20.7 Å². The number of hydrogen-bond donors (Lipinski definition) is 3. The van der Waals surface area contributed by atoms with Gasteiger partial charge in [0, 0.05) is 5.54 Å². The maximum atomic E-state index is 12.8. The van der Waals surface area contributed by atoms with Gasteiger partial charge in [-0.3, -0.25) is 4.79 Å². The highest BCUT2D eigenvalue weighted by atomic mass is 35.5. The SMILES string of the molecule is COc1ccc(CC2(NC(=O)C(F)(F)F)CC2)cc1Nc1ncc(Cl)c(Nc2ccccc2S(=O)(=O)C(C)C)n1. The van der Waals surface area contributed by atoms with Crippen molar-refractivity contribution in [2.45, 2.75) is 55.0 Å². The Morgan fingerprint density at radius 3 is 2.45 bits per heavy atom. The third-order valence-electron chi connectivity index (χ3n) is 6.35. The van der Waals surface area contributed by atoms with E-state index in [4.69, 9.17) is 16.3 Å². The zero-order valence-corrected chi connectivity index (χ0v) is 23.3. The molecule has 3 aromatic rings. The Hall–Kier alpha value is -3.58. The van der Waals surface area contributed by atoms with E-state index < -0.39 is 32.7 Å². The molecule has 4 rings (SSSR count). The molecule has 0 radical (unpaired) electrons. The molecule has 1 aliphatic carbocycles. The van der Waals surface area contributed by atoms with E-state index in [0.29, 0.717) is 29.8 Å². The summed E-state index contributed by atoms with van der Waals surface area (Å²) in [6, 6.07) is 11.4. The molecular weight excluding hydrogens is 571 g/mol. The lowest BCUT2D eigenvalue weighted by molar-refractivity contribution is -0.174. The number of anilines is 4. The third-order valence-corrected chi connectivity index (χ3v) is 8.84. The molecule has 0 aliphatic heterocycles. The zero-order chi connectivity index (χ0) is 29.3. The van der Waals surface area contributed by atoms with Gasteiger partial charge in [-0.15, -0.1) is 0 Å². The van der Waals surface area contributed by atoms with E-state index in [2.05, 4.69) is 25.9 Å². The first-order valence-electron chi connectivity index (χ1n) is 12.2. The molecule has 1 aliphatic rings. The smallest absolute Gasteiger partial charge is 0.471 e. The Kier molecular flexibility index (Phi) is 8.18. The molecule has 1 fully saturated rings. The average molecular weight is 598 g/mol. The molecule has 0 spiro atoms. The molecule has 1 saturated carbocycles. The summed E-state index contributed by atoms with van der Waals surface area (Å²) in [6.07, 6.45) is -2.59. The van der Waals surface area contributed by atoms with Crippen molar-refractivity contribution in [1.29, 1.82) is 0 Å². The molecule has 40 heavy (non-hydrogen) atoms. The minimum Gasteiger partial charge on any atom is -0.495 e. The molecule has 2 aromatic carbocycles. The molecule has 0 saturated heterocycles. The molecule has 0 atom stereocenters. The van der Waals surface area contributed by atoms with Gasteiger partial charge in [-0.25, -0.2) is 13.4 Å². The lowest BCUT2D eigenvalue weighted by Crippen LogP contribution is -2.45. The van der Waals surface area contributed by atoms with Gasteiger partial charge < -0.3 is 20.7 Å². The van der Waals surface area contributed by atoms with Gasteiger partial charge in [-0.2, -0.15) is 18.2 Å². The van der Waals surface area contributed by atoms with Crippen LogP contribution in [0.4, 0.5) is 36.3 Å². The summed E-state index contributed by atoms with van der Waals surface area (Å²) in [5, 5.41) is 7.59. The minimum absolute atomic E-state index is 0.0928. The summed E-state index contributed by atoms with van der Waals surface area (Å²) >= 11 is 6.31. The van der Waals surface area contributed by atoms with Crippen LogP contribution in [-0.4, -0.2) is 48.4 Å². The number of sulfone groups is 1. The first kappa shape index (κ1) is 29.4. The number of ether oxygens (including phenoxy) is 1. The fourth-order valence-electron chi connectivity index (χ4n) is 4.00. The van der Waals surface area contributed by atoms with Gasteiger partial charge in [0.25, 0.3) is 0 Å². The zero-order valence-electron chi connectivity index (χ0n) is 21.8. The first-order valence-corrected chi connectivity index (χ1v) is 14.1. The molecule has 9 nitrogen and oxygen atoms in total. The minimum atomic E-state index is -4.96. The monoisotopic (exact) mass is 597 g/mol. The van der Waals surface area contributed by atoms with Crippen LogP contribution in [0.25, 0.3) is 0 Å². The number of methoxy groups -OCH3 is 1. The number of halogens is 4. The van der Waals surface area contributed by atoms with Crippen molar-refractivity contribution in [2.24, 2.45) is 0 Å². The van der Waals surface area contributed by atoms with Crippen LogP contribution in [0.3, 0.4) is 0 Å². The maximum absolute atomic E-state index is 12.8. The standard InChI is InChI=1S/C26H27ClF3N5O4S/c1-15(2)40(37,38)21-7-5-4-6-18(21)32-22-17(27)14-31-24(34-22)33-19-12-16(8-9-20(19)39-3)13-25(10-11-25)35-23(36)26(28,29)30/h4-9,12,14-15H,10-11,13H2,1-3H3,(H,35,36)(H2,31,32,33,34). The van der Waals surface area contributed by atoms with E-state index in [1.54, 1.807) is 50.2 Å². The normalized spacial score (nSPS) is 14.5. The van der Waals surface area contributed by atoms with Crippen LogP contribution in [0.2, 0.25) is 5.02 Å². The molecule has 214 valence electrons. The molecule has 1 aromatic heterocycles. The first-order chi connectivity index (χ1) is 18.7. The Balaban J connectivity index is 1.58. The highest BCUT2D eigenvalue weighted by Crippen LogP contribution is 2.41. The van der Waals surface area contributed by atoms with Gasteiger partial charge in [0.15, 0.2) is 15.7 Å². The van der Waals surface area contributed by atoms with Gasteiger partial charge in [-0.05, 0) is 62.9 Å². The molecule has 1 heterocycles. The second-order valence-corrected chi connectivity index (χ2v) is 12.6. The van der Waals surface area contributed by atoms with Gasteiger partial charge in [0.1, 0.15) is 10.8 Å². The van der Waals surface area contributed by atoms with Crippen LogP contribution in [0.1, 0.15) is 32.3 Å². The maximum Gasteiger partial charge on any atom is 0.471 e. The predicted octanol–water partition coefficient (Wildman–Crippen LogP) is 5.56. The molecule has 0 bridgehead atoms. The van der Waals surface area contributed by atoms with Crippen molar-refractivity contribution in [3.05, 3.63) is 59.2 Å². The average Bonchev–Trinajstić information content (AvgIpc) is 3.64. The van der Waals surface area contributed by atoms with Crippen molar-refractivity contribution in [3.63, 3.8) is 0 Å². The highest BCUT2D eigenvalue weighted by Gasteiger charge is 2.49. The molecule has 1 amide bonds. The van der Waals surface area contributed by atoms with E-state index in [0.717, 1.165) is 0 Å². The van der Waals surface area contributed by atoms with Crippen LogP contribution in [-0.2, 0) is 21.1 Å². The number of rotatable bonds is 10. The molecular formula is C26H27ClF3N5O4S. The van der Waals surface area contributed by atoms with Gasteiger partial charge >= 0.3 is 12.1 Å². The summed E-state index contributed by atoms with van der Waals surface area (Å²) in [7, 11) is -2.16. The van der Waals surface area contributed by atoms with Crippen LogP contribution in [0.15, 0.2) is 53.6 Å². The number of aromatic nitrogens is 2. The number of carbonyl (C=O) groups is 1. The van der Waals surface area contributed by atoms with Gasteiger partial charge in [0.2, 0.25) is 5.95 Å². The second-order valence-electron chi connectivity index (χ2n) is 9.67. The molecule has 0 unspecified atom stereocenters. The number of carbonyl (C=O) groups excluding carboxylic acids is 1. The second kappa shape index (κ2) is 11.1. The van der Waals surface area contributed by atoms with Crippen molar-refractivity contribution >= 4 is 50.5 Å². The lowest BCUT2D eigenvalue weighted by Gasteiger charge is -2.20. The summed E-state index contributed by atoms with van der Waals surface area (Å²) in [5.74, 6) is -1.31. The van der Waals surface area contributed by atoms with Gasteiger partial charge in [-0.1, -0.05) is 29.8 Å². The Bertz CT molecular complexity index is 1530. The Labute approximate surface area is 234 Å². The number of amides is 1. The lowest BCUT2D eigenvalue weighted by atomic mass is 10.0. The summed E-state index contributed by atoms with van der Waals surface area (Å²) in [5.41, 5.74) is 0.408. The van der Waals surface area contributed by atoms with Gasteiger partial charge in [0.05, 0.1) is 34.8 Å². The Morgan fingerprint density at radius 1 is 1.12 bits per heavy atom. The third kappa shape index (κ3) is 6.58. The fraction of sp³-hybridized carbons (Fsp3) is 0.346. The van der Waals surface area contributed by atoms with Crippen molar-refractivity contribution in [3.8, 4) is 5.75 Å². The Morgan fingerprint density at radius 2 is 1.82 bits per heavy atom. The number of hydrogen-bond acceptors (Lipinski definition) is 8. The van der Waals surface area contributed by atoms with E-state index in [9.17, 15) is 26.4 Å².